The number of carbonyl (C=O) groups is 1. The summed E-state index contributed by atoms with van der Waals surface area (Å²) in [7, 11) is 0. The standard InChI is InChI=1S/C14H22N4O3/c1-10-7-13(20)17-12(16-10)4-5-15-14(21)9-18-6-2-3-11(19)8-18/h7,11,19H,2-6,8-9H2,1H3,(H,15,21)(H,16,17,20)/t11-/m0/s1. The fourth-order valence-corrected chi connectivity index (χ4v) is 2.51. The molecular weight excluding hydrogens is 272 g/mol. The SMILES string of the molecule is Cc1cc(=O)[nH]c(CCNC(=O)CN2CCC[C@H](O)C2)n1. The molecule has 0 spiro atoms. The molecule has 0 bridgehead atoms. The number of nitrogens with zero attached hydrogens (tertiary/aromatic N) is 2. The molecule has 0 radical (unpaired) electrons. The molecule has 1 aromatic heterocycles. The van der Waals surface area contributed by atoms with E-state index in [9.17, 15) is 14.7 Å². The van der Waals surface area contributed by atoms with Crippen LogP contribution in [0.2, 0.25) is 0 Å². The Kier molecular flexibility index (Phi) is 5.46. The van der Waals surface area contributed by atoms with E-state index in [4.69, 9.17) is 0 Å². The molecule has 116 valence electrons. The Morgan fingerprint density at radius 1 is 1.62 bits per heavy atom. The van der Waals surface area contributed by atoms with Crippen LogP contribution >= 0.6 is 0 Å². The van der Waals surface area contributed by atoms with E-state index in [1.807, 2.05) is 4.90 Å². The Hall–Kier alpha value is -1.73. The van der Waals surface area contributed by atoms with Gasteiger partial charge in [-0.15, -0.1) is 0 Å². The Morgan fingerprint density at radius 3 is 3.14 bits per heavy atom. The van der Waals surface area contributed by atoms with Gasteiger partial charge < -0.3 is 15.4 Å². The summed E-state index contributed by atoms with van der Waals surface area (Å²) in [6.07, 6.45) is 1.90. The molecule has 7 heteroatoms. The van der Waals surface area contributed by atoms with Crippen LogP contribution in [0.15, 0.2) is 10.9 Å². The van der Waals surface area contributed by atoms with Gasteiger partial charge in [0, 0.05) is 31.3 Å². The number of aromatic amines is 1. The molecule has 0 unspecified atom stereocenters. The lowest BCUT2D eigenvalue weighted by Crippen LogP contribution is -2.44. The monoisotopic (exact) mass is 294 g/mol. The highest BCUT2D eigenvalue weighted by molar-refractivity contribution is 5.78. The Bertz CT molecular complexity index is 543. The average Bonchev–Trinajstić information content (AvgIpc) is 2.37. The molecule has 0 saturated carbocycles. The molecule has 1 fully saturated rings. The van der Waals surface area contributed by atoms with Gasteiger partial charge in [0.15, 0.2) is 0 Å². The number of carbonyl (C=O) groups excluding carboxylic acids is 1. The van der Waals surface area contributed by atoms with Gasteiger partial charge in [0.25, 0.3) is 5.56 Å². The smallest absolute Gasteiger partial charge is 0.251 e. The molecule has 3 N–H and O–H groups in total. The van der Waals surface area contributed by atoms with Crippen molar-refractivity contribution in [3.8, 4) is 0 Å². The first-order valence-electron chi connectivity index (χ1n) is 7.27. The van der Waals surface area contributed by atoms with E-state index in [-0.39, 0.29) is 17.6 Å². The first-order valence-corrected chi connectivity index (χ1v) is 7.27. The number of aryl methyl sites for hydroxylation is 1. The van der Waals surface area contributed by atoms with Crippen molar-refractivity contribution >= 4 is 5.91 Å². The number of β-amino-alcohol motifs (C(OH)–C–C–N with tert-alkyl or cyclic N) is 1. The summed E-state index contributed by atoms with van der Waals surface area (Å²) in [5.74, 6) is 0.507. The molecule has 1 aromatic rings. The number of piperidine rings is 1. The van der Waals surface area contributed by atoms with Gasteiger partial charge in [-0.05, 0) is 26.3 Å². The molecule has 0 aromatic carbocycles. The second kappa shape index (κ2) is 7.33. The quantitative estimate of drug-likeness (QED) is 0.660. The normalized spacial score (nSPS) is 19.4. The van der Waals surface area contributed by atoms with E-state index in [1.54, 1.807) is 6.92 Å². The van der Waals surface area contributed by atoms with Crippen molar-refractivity contribution in [2.45, 2.75) is 32.3 Å². The van der Waals surface area contributed by atoms with E-state index in [0.717, 1.165) is 19.4 Å². The number of rotatable bonds is 5. The molecule has 1 aliphatic heterocycles. The van der Waals surface area contributed by atoms with Crippen LogP contribution in [-0.2, 0) is 11.2 Å². The van der Waals surface area contributed by atoms with Crippen LogP contribution in [0.1, 0.15) is 24.4 Å². The van der Waals surface area contributed by atoms with Crippen molar-refractivity contribution in [2.24, 2.45) is 0 Å². The predicted octanol–water partition coefficient (Wildman–Crippen LogP) is -0.806. The minimum atomic E-state index is -0.326. The highest BCUT2D eigenvalue weighted by atomic mass is 16.3. The summed E-state index contributed by atoms with van der Waals surface area (Å²) in [6.45, 7) is 3.90. The number of likely N-dealkylation sites (tertiary alicyclic amines) is 1. The third-order valence-corrected chi connectivity index (χ3v) is 3.45. The van der Waals surface area contributed by atoms with Crippen LogP contribution in [0, 0.1) is 6.92 Å². The molecule has 1 aliphatic rings. The topological polar surface area (TPSA) is 98.3 Å². The van der Waals surface area contributed by atoms with Crippen LogP contribution < -0.4 is 10.9 Å². The van der Waals surface area contributed by atoms with Crippen molar-refractivity contribution in [2.75, 3.05) is 26.2 Å². The molecule has 2 heterocycles. The zero-order valence-corrected chi connectivity index (χ0v) is 12.3. The fourth-order valence-electron chi connectivity index (χ4n) is 2.51. The number of nitrogens with one attached hydrogen (secondary N) is 2. The highest BCUT2D eigenvalue weighted by Gasteiger charge is 2.19. The molecule has 1 amide bonds. The summed E-state index contributed by atoms with van der Waals surface area (Å²) in [5.41, 5.74) is 0.494. The minimum Gasteiger partial charge on any atom is -0.392 e. The summed E-state index contributed by atoms with van der Waals surface area (Å²) in [6, 6.07) is 1.43. The lowest BCUT2D eigenvalue weighted by atomic mass is 10.1. The molecule has 1 saturated heterocycles. The number of amides is 1. The maximum Gasteiger partial charge on any atom is 0.251 e. The molecule has 0 aliphatic carbocycles. The van der Waals surface area contributed by atoms with Gasteiger partial charge >= 0.3 is 0 Å². The Balaban J connectivity index is 1.72. The Morgan fingerprint density at radius 2 is 2.43 bits per heavy atom. The van der Waals surface area contributed by atoms with Crippen LogP contribution in [0.4, 0.5) is 0 Å². The first kappa shape index (κ1) is 15.7. The lowest BCUT2D eigenvalue weighted by Gasteiger charge is -2.29. The molecule has 7 nitrogen and oxygen atoms in total. The van der Waals surface area contributed by atoms with E-state index in [0.29, 0.717) is 37.6 Å². The van der Waals surface area contributed by atoms with Crippen LogP contribution in [-0.4, -0.2) is 58.2 Å². The Labute approximate surface area is 123 Å². The number of aromatic nitrogens is 2. The number of hydrogen-bond donors (Lipinski definition) is 3. The van der Waals surface area contributed by atoms with E-state index >= 15 is 0 Å². The van der Waals surface area contributed by atoms with Gasteiger partial charge in [-0.25, -0.2) is 4.98 Å². The number of hydrogen-bond acceptors (Lipinski definition) is 5. The molecular formula is C14H22N4O3. The summed E-state index contributed by atoms with van der Waals surface area (Å²) >= 11 is 0. The fraction of sp³-hybridized carbons (Fsp3) is 0.643. The van der Waals surface area contributed by atoms with E-state index < -0.39 is 0 Å². The third-order valence-electron chi connectivity index (χ3n) is 3.45. The van der Waals surface area contributed by atoms with Crippen molar-refractivity contribution in [1.29, 1.82) is 0 Å². The molecule has 1 atom stereocenters. The van der Waals surface area contributed by atoms with Crippen molar-refractivity contribution in [1.82, 2.24) is 20.2 Å². The van der Waals surface area contributed by atoms with Crippen molar-refractivity contribution < 1.29 is 9.90 Å². The predicted molar refractivity (Wildman–Crippen MR) is 78.0 cm³/mol. The number of aliphatic hydroxyl groups is 1. The van der Waals surface area contributed by atoms with Gasteiger partial charge in [0.05, 0.1) is 12.6 Å². The van der Waals surface area contributed by atoms with Gasteiger partial charge in [-0.2, -0.15) is 0 Å². The largest absolute Gasteiger partial charge is 0.392 e. The maximum atomic E-state index is 11.8. The summed E-state index contributed by atoms with van der Waals surface area (Å²) < 4.78 is 0. The average molecular weight is 294 g/mol. The minimum absolute atomic E-state index is 0.0703. The highest BCUT2D eigenvalue weighted by Crippen LogP contribution is 2.08. The summed E-state index contributed by atoms with van der Waals surface area (Å²) in [4.78, 5) is 31.9. The zero-order valence-electron chi connectivity index (χ0n) is 12.3. The number of aliphatic hydroxyl groups excluding tert-OH is 1. The van der Waals surface area contributed by atoms with Crippen LogP contribution in [0.3, 0.4) is 0 Å². The summed E-state index contributed by atoms with van der Waals surface area (Å²) in [5, 5.41) is 12.4. The third kappa shape index (κ3) is 5.28. The molecule has 21 heavy (non-hydrogen) atoms. The first-order chi connectivity index (χ1) is 10.0. The van der Waals surface area contributed by atoms with Crippen LogP contribution in [0.5, 0.6) is 0 Å². The van der Waals surface area contributed by atoms with E-state index in [1.165, 1.54) is 6.07 Å². The number of H-pyrrole nitrogens is 1. The van der Waals surface area contributed by atoms with Gasteiger partial charge in [-0.1, -0.05) is 0 Å². The van der Waals surface area contributed by atoms with Crippen molar-refractivity contribution in [3.63, 3.8) is 0 Å². The van der Waals surface area contributed by atoms with Gasteiger partial charge in [-0.3, -0.25) is 14.5 Å². The van der Waals surface area contributed by atoms with Gasteiger partial charge in [0.1, 0.15) is 5.82 Å². The second-order valence-electron chi connectivity index (χ2n) is 5.46. The maximum absolute atomic E-state index is 11.8. The zero-order chi connectivity index (χ0) is 15.2. The lowest BCUT2D eigenvalue weighted by molar-refractivity contribution is -0.122. The van der Waals surface area contributed by atoms with Gasteiger partial charge in [0.2, 0.25) is 5.91 Å². The van der Waals surface area contributed by atoms with Crippen molar-refractivity contribution in [3.05, 3.63) is 27.9 Å². The second-order valence-corrected chi connectivity index (χ2v) is 5.46. The van der Waals surface area contributed by atoms with E-state index in [2.05, 4.69) is 15.3 Å². The van der Waals surface area contributed by atoms with Crippen LogP contribution in [0.25, 0.3) is 0 Å². The molecule has 2 rings (SSSR count).